The van der Waals surface area contributed by atoms with Gasteiger partial charge in [-0.25, -0.2) is 8.42 Å². The molecule has 0 aliphatic heterocycles. The van der Waals surface area contributed by atoms with Crippen molar-refractivity contribution < 1.29 is 22.7 Å². The third kappa shape index (κ3) is 5.37. The average molecular weight is 392 g/mol. The van der Waals surface area contributed by atoms with Crippen molar-refractivity contribution in [3.8, 4) is 11.5 Å². The van der Waals surface area contributed by atoms with Gasteiger partial charge in [0.05, 0.1) is 26.2 Å². The van der Waals surface area contributed by atoms with Gasteiger partial charge in [0.15, 0.2) is 0 Å². The number of anilines is 1. The number of nitrogens with zero attached hydrogens (tertiary/aromatic N) is 1. The second kappa shape index (κ2) is 8.77. The lowest BCUT2D eigenvalue weighted by Gasteiger charge is -2.28. The van der Waals surface area contributed by atoms with E-state index in [0.717, 1.165) is 21.9 Å². The molecule has 0 radical (unpaired) electrons. The predicted molar refractivity (Wildman–Crippen MR) is 105 cm³/mol. The summed E-state index contributed by atoms with van der Waals surface area (Å²) < 4.78 is 36.0. The smallest absolute Gasteiger partial charge is 0.243 e. The fourth-order valence-electron chi connectivity index (χ4n) is 2.64. The van der Waals surface area contributed by atoms with Crippen LogP contribution in [0, 0.1) is 0 Å². The highest BCUT2D eigenvalue weighted by Crippen LogP contribution is 2.25. The van der Waals surface area contributed by atoms with Crippen LogP contribution in [0.5, 0.6) is 11.5 Å². The number of carbonyl (C=O) groups is 1. The van der Waals surface area contributed by atoms with E-state index in [0.29, 0.717) is 11.4 Å². The Labute approximate surface area is 160 Å². The summed E-state index contributed by atoms with van der Waals surface area (Å²) in [5.74, 6) is 0.825. The maximum atomic E-state index is 12.6. The Morgan fingerprint density at radius 3 is 2.26 bits per heavy atom. The molecule has 0 heterocycles. The van der Waals surface area contributed by atoms with Crippen LogP contribution in [-0.2, 0) is 21.4 Å². The molecule has 0 spiro atoms. The second-order valence-corrected chi connectivity index (χ2v) is 7.86. The molecule has 27 heavy (non-hydrogen) atoms. The fraction of sp³-hybridized carbons (Fsp3) is 0.316. The van der Waals surface area contributed by atoms with Crippen LogP contribution in [0.15, 0.2) is 48.5 Å². The average Bonchev–Trinajstić information content (AvgIpc) is 2.65. The van der Waals surface area contributed by atoms with Crippen LogP contribution in [0.4, 0.5) is 5.69 Å². The van der Waals surface area contributed by atoms with Crippen molar-refractivity contribution in [1.29, 1.82) is 0 Å². The lowest BCUT2D eigenvalue weighted by Crippen LogP contribution is -2.47. The molecule has 7 nitrogen and oxygen atoms in total. The van der Waals surface area contributed by atoms with Gasteiger partial charge >= 0.3 is 0 Å². The van der Waals surface area contributed by atoms with E-state index >= 15 is 0 Å². The zero-order valence-electron chi connectivity index (χ0n) is 15.8. The van der Waals surface area contributed by atoms with Gasteiger partial charge < -0.3 is 14.8 Å². The molecule has 1 atom stereocenters. The lowest BCUT2D eigenvalue weighted by molar-refractivity contribution is -0.122. The predicted octanol–water partition coefficient (Wildman–Crippen LogP) is 2.17. The van der Waals surface area contributed by atoms with Gasteiger partial charge in [-0.05, 0) is 36.8 Å². The first-order valence-electron chi connectivity index (χ1n) is 8.30. The number of hydrogen-bond donors (Lipinski definition) is 1. The molecular weight excluding hydrogens is 368 g/mol. The number of carbonyl (C=O) groups excluding carboxylic acids is 1. The maximum absolute atomic E-state index is 12.6. The topological polar surface area (TPSA) is 84.9 Å². The van der Waals surface area contributed by atoms with Crippen molar-refractivity contribution in [1.82, 2.24) is 5.32 Å². The molecule has 0 aliphatic rings. The van der Waals surface area contributed by atoms with E-state index < -0.39 is 22.0 Å². The van der Waals surface area contributed by atoms with Crippen LogP contribution in [0.1, 0.15) is 12.5 Å². The Balaban J connectivity index is 2.16. The SMILES string of the molecule is COc1ccc(CNC(=O)[C@H](C)N(c2cccc(OC)c2)S(C)(=O)=O)cc1. The highest BCUT2D eigenvalue weighted by molar-refractivity contribution is 7.92. The first-order chi connectivity index (χ1) is 12.8. The van der Waals surface area contributed by atoms with Crippen LogP contribution in [-0.4, -0.2) is 40.8 Å². The maximum Gasteiger partial charge on any atom is 0.243 e. The lowest BCUT2D eigenvalue weighted by atomic mass is 10.2. The summed E-state index contributed by atoms with van der Waals surface area (Å²) in [5, 5.41) is 2.77. The molecular formula is C19H24N2O5S. The summed E-state index contributed by atoms with van der Waals surface area (Å²) >= 11 is 0. The van der Waals surface area contributed by atoms with Gasteiger partial charge in [-0.1, -0.05) is 18.2 Å². The van der Waals surface area contributed by atoms with Crippen LogP contribution >= 0.6 is 0 Å². The molecule has 1 N–H and O–H groups in total. The standard InChI is InChI=1S/C19H24N2O5S/c1-14(19(22)20-13-15-8-10-17(25-2)11-9-15)21(27(4,23)24)16-6-5-7-18(12-16)26-3/h5-12,14H,13H2,1-4H3,(H,20,22)/t14-/m0/s1. The van der Waals surface area contributed by atoms with E-state index in [4.69, 9.17) is 9.47 Å². The highest BCUT2D eigenvalue weighted by atomic mass is 32.2. The first-order valence-corrected chi connectivity index (χ1v) is 10.1. The molecule has 1 amide bonds. The molecule has 0 saturated carbocycles. The van der Waals surface area contributed by atoms with E-state index in [1.165, 1.54) is 7.11 Å². The largest absolute Gasteiger partial charge is 0.497 e. The highest BCUT2D eigenvalue weighted by Gasteiger charge is 2.29. The molecule has 0 fully saturated rings. The summed E-state index contributed by atoms with van der Waals surface area (Å²) in [6.45, 7) is 1.83. The van der Waals surface area contributed by atoms with Crippen LogP contribution < -0.4 is 19.1 Å². The Hall–Kier alpha value is -2.74. The monoisotopic (exact) mass is 392 g/mol. The van der Waals surface area contributed by atoms with Crippen LogP contribution in [0.25, 0.3) is 0 Å². The zero-order chi connectivity index (χ0) is 20.0. The van der Waals surface area contributed by atoms with Crippen molar-refractivity contribution in [3.05, 3.63) is 54.1 Å². The molecule has 2 rings (SSSR count). The third-order valence-electron chi connectivity index (χ3n) is 4.02. The number of ether oxygens (including phenoxy) is 2. The van der Waals surface area contributed by atoms with E-state index in [-0.39, 0.29) is 6.54 Å². The van der Waals surface area contributed by atoms with Crippen molar-refractivity contribution in [3.63, 3.8) is 0 Å². The molecule has 0 aromatic heterocycles. The van der Waals surface area contributed by atoms with E-state index in [2.05, 4.69) is 5.32 Å². The summed E-state index contributed by atoms with van der Waals surface area (Å²) in [6.07, 6.45) is 1.07. The number of hydrogen-bond acceptors (Lipinski definition) is 5. The number of sulfonamides is 1. The van der Waals surface area contributed by atoms with Crippen molar-refractivity contribution in [2.24, 2.45) is 0 Å². The van der Waals surface area contributed by atoms with Gasteiger partial charge in [0, 0.05) is 12.6 Å². The number of amides is 1. The quantitative estimate of drug-likeness (QED) is 0.744. The molecule has 2 aromatic carbocycles. The Morgan fingerprint density at radius 1 is 1.07 bits per heavy atom. The summed E-state index contributed by atoms with van der Waals surface area (Å²) in [7, 11) is -0.604. The van der Waals surface area contributed by atoms with Gasteiger partial charge in [-0.2, -0.15) is 0 Å². The van der Waals surface area contributed by atoms with Crippen LogP contribution in [0.3, 0.4) is 0 Å². The summed E-state index contributed by atoms with van der Waals surface area (Å²) in [5.41, 5.74) is 1.24. The summed E-state index contributed by atoms with van der Waals surface area (Å²) in [6, 6.07) is 12.9. The Morgan fingerprint density at radius 2 is 1.70 bits per heavy atom. The van der Waals surface area contributed by atoms with E-state index in [1.54, 1.807) is 50.4 Å². The van der Waals surface area contributed by atoms with Gasteiger partial charge in [-0.15, -0.1) is 0 Å². The van der Waals surface area contributed by atoms with Crippen molar-refractivity contribution in [2.45, 2.75) is 19.5 Å². The van der Waals surface area contributed by atoms with Crippen LogP contribution in [0.2, 0.25) is 0 Å². The van der Waals surface area contributed by atoms with Gasteiger partial charge in [0.25, 0.3) is 0 Å². The molecule has 0 saturated heterocycles. The molecule has 2 aromatic rings. The minimum atomic E-state index is -3.68. The molecule has 0 aliphatic carbocycles. The first kappa shape index (κ1) is 20.6. The second-order valence-electron chi connectivity index (χ2n) is 6.00. The molecule has 8 heteroatoms. The number of benzene rings is 2. The van der Waals surface area contributed by atoms with E-state index in [1.807, 2.05) is 12.1 Å². The Kier molecular flexibility index (Phi) is 6.68. The van der Waals surface area contributed by atoms with Crippen molar-refractivity contribution in [2.75, 3.05) is 24.8 Å². The van der Waals surface area contributed by atoms with Gasteiger partial charge in [0.2, 0.25) is 15.9 Å². The molecule has 0 bridgehead atoms. The number of rotatable bonds is 8. The number of methoxy groups -OCH3 is 2. The zero-order valence-corrected chi connectivity index (χ0v) is 16.6. The fourth-order valence-corrected chi connectivity index (χ4v) is 3.80. The molecule has 146 valence electrons. The minimum Gasteiger partial charge on any atom is -0.497 e. The van der Waals surface area contributed by atoms with E-state index in [9.17, 15) is 13.2 Å². The van der Waals surface area contributed by atoms with Gasteiger partial charge in [-0.3, -0.25) is 9.10 Å². The normalized spacial score (nSPS) is 12.1. The molecule has 0 unspecified atom stereocenters. The third-order valence-corrected chi connectivity index (χ3v) is 5.26. The van der Waals surface area contributed by atoms with Gasteiger partial charge in [0.1, 0.15) is 17.5 Å². The summed E-state index contributed by atoms with van der Waals surface area (Å²) in [4.78, 5) is 12.6. The van der Waals surface area contributed by atoms with Crippen molar-refractivity contribution >= 4 is 21.6 Å². The number of nitrogens with one attached hydrogen (secondary N) is 1. The minimum absolute atomic E-state index is 0.281. The Bertz CT molecular complexity index is 881.